The smallest absolute Gasteiger partial charge is 0.0158 e. The number of hydrogen-bond acceptors (Lipinski definition) is 2. The van der Waals surface area contributed by atoms with E-state index >= 15 is 0 Å². The maximum atomic E-state index is 2.83. The van der Waals surface area contributed by atoms with E-state index in [0.717, 1.165) is 11.8 Å². The maximum absolute atomic E-state index is 2.83. The molecule has 0 aromatic carbocycles. The quantitative estimate of drug-likeness (QED) is 0.475. The molecular weight excluding hydrogens is 364 g/mol. The predicted octanol–water partition coefficient (Wildman–Crippen LogP) is 7.23. The largest absolute Gasteiger partial charge is 0.298 e. The van der Waals surface area contributed by atoms with Gasteiger partial charge in [-0.3, -0.25) is 9.80 Å². The van der Waals surface area contributed by atoms with Crippen LogP contribution in [0, 0.1) is 28.1 Å². The summed E-state index contributed by atoms with van der Waals surface area (Å²) < 4.78 is 0. The van der Waals surface area contributed by atoms with Crippen molar-refractivity contribution in [1.82, 2.24) is 9.80 Å². The van der Waals surface area contributed by atoms with Gasteiger partial charge in [0.15, 0.2) is 0 Å². The second-order valence-electron chi connectivity index (χ2n) is 14.9. The Balaban J connectivity index is 1.52. The van der Waals surface area contributed by atoms with Crippen molar-refractivity contribution in [2.24, 2.45) is 28.1 Å². The standard InChI is InChI=1S/C28H54N2/c1-24(2,3)22-13-17-29(18-14-22)27(9,10)19-26(7,8)23-11-15-28(16-12-23)20-30(21-28)25(4,5)6/h22-23H,11-21H2,1-10H3. The van der Waals surface area contributed by atoms with Gasteiger partial charge in [0.1, 0.15) is 0 Å². The molecule has 1 spiro atoms. The van der Waals surface area contributed by atoms with Crippen molar-refractivity contribution < 1.29 is 0 Å². The molecule has 3 fully saturated rings. The Labute approximate surface area is 189 Å². The van der Waals surface area contributed by atoms with Crippen LogP contribution in [-0.2, 0) is 0 Å². The van der Waals surface area contributed by atoms with Gasteiger partial charge in [-0.05, 0) is 121 Å². The number of nitrogens with zero attached hydrogens (tertiary/aromatic N) is 2. The highest BCUT2D eigenvalue weighted by Crippen LogP contribution is 2.53. The fourth-order valence-corrected chi connectivity index (χ4v) is 7.29. The molecule has 0 N–H and O–H groups in total. The van der Waals surface area contributed by atoms with Gasteiger partial charge in [0, 0.05) is 24.2 Å². The lowest BCUT2D eigenvalue weighted by atomic mass is 9.58. The minimum absolute atomic E-state index is 0.320. The average Bonchev–Trinajstić information content (AvgIpc) is 2.57. The summed E-state index contributed by atoms with van der Waals surface area (Å²) in [6.07, 6.45) is 9.93. The second kappa shape index (κ2) is 8.05. The van der Waals surface area contributed by atoms with Crippen molar-refractivity contribution in [3.8, 4) is 0 Å². The molecule has 0 aromatic heterocycles. The Kier molecular flexibility index (Phi) is 6.59. The van der Waals surface area contributed by atoms with E-state index < -0.39 is 0 Å². The first-order chi connectivity index (χ1) is 13.5. The van der Waals surface area contributed by atoms with Crippen LogP contribution in [0.15, 0.2) is 0 Å². The van der Waals surface area contributed by atoms with E-state index in [4.69, 9.17) is 0 Å². The van der Waals surface area contributed by atoms with Crippen molar-refractivity contribution in [2.75, 3.05) is 26.2 Å². The zero-order valence-corrected chi connectivity index (χ0v) is 22.3. The van der Waals surface area contributed by atoms with Crippen molar-refractivity contribution in [1.29, 1.82) is 0 Å². The summed E-state index contributed by atoms with van der Waals surface area (Å²) >= 11 is 0. The van der Waals surface area contributed by atoms with E-state index in [9.17, 15) is 0 Å². The molecule has 0 atom stereocenters. The molecule has 0 aromatic rings. The maximum Gasteiger partial charge on any atom is 0.0158 e. The van der Waals surface area contributed by atoms with Gasteiger partial charge in [0.25, 0.3) is 0 Å². The summed E-state index contributed by atoms with van der Waals surface area (Å²) in [6, 6.07) is 0. The van der Waals surface area contributed by atoms with Gasteiger partial charge < -0.3 is 0 Å². The van der Waals surface area contributed by atoms with Crippen LogP contribution in [0.4, 0.5) is 0 Å². The molecule has 0 amide bonds. The Hall–Kier alpha value is -0.0800. The summed E-state index contributed by atoms with van der Waals surface area (Å²) in [4.78, 5) is 5.53. The molecule has 2 nitrogen and oxygen atoms in total. The fraction of sp³-hybridized carbons (Fsp3) is 1.00. The van der Waals surface area contributed by atoms with Crippen molar-refractivity contribution >= 4 is 0 Å². The number of piperidine rings is 1. The zero-order chi connectivity index (χ0) is 22.6. The second-order valence-corrected chi connectivity index (χ2v) is 14.9. The highest BCUT2D eigenvalue weighted by Gasteiger charge is 2.50. The van der Waals surface area contributed by atoms with Crippen LogP contribution < -0.4 is 0 Å². The summed E-state index contributed by atoms with van der Waals surface area (Å²) in [5.41, 5.74) is 2.24. The van der Waals surface area contributed by atoms with Gasteiger partial charge in [-0.2, -0.15) is 0 Å². The van der Waals surface area contributed by atoms with Crippen LogP contribution in [0.2, 0.25) is 0 Å². The number of likely N-dealkylation sites (tertiary alicyclic amines) is 2. The summed E-state index contributed by atoms with van der Waals surface area (Å²) in [7, 11) is 0. The third kappa shape index (κ3) is 5.28. The Morgan fingerprint density at radius 3 is 1.60 bits per heavy atom. The van der Waals surface area contributed by atoms with E-state index in [1.807, 2.05) is 0 Å². The zero-order valence-electron chi connectivity index (χ0n) is 22.3. The minimum atomic E-state index is 0.320. The molecule has 176 valence electrons. The molecule has 2 saturated heterocycles. The Morgan fingerprint density at radius 1 is 0.667 bits per heavy atom. The molecule has 3 rings (SSSR count). The molecule has 3 aliphatic rings. The molecule has 2 heterocycles. The van der Waals surface area contributed by atoms with Gasteiger partial charge in [0.05, 0.1) is 0 Å². The molecule has 30 heavy (non-hydrogen) atoms. The van der Waals surface area contributed by atoms with E-state index in [0.29, 0.717) is 27.3 Å². The molecule has 2 aliphatic heterocycles. The Bertz CT molecular complexity index is 565. The van der Waals surface area contributed by atoms with Crippen LogP contribution in [-0.4, -0.2) is 47.1 Å². The van der Waals surface area contributed by atoms with Gasteiger partial charge in [-0.15, -0.1) is 0 Å². The lowest BCUT2D eigenvalue weighted by molar-refractivity contribution is -0.0964. The first-order valence-corrected chi connectivity index (χ1v) is 13.0. The molecule has 0 bridgehead atoms. The first-order valence-electron chi connectivity index (χ1n) is 13.0. The van der Waals surface area contributed by atoms with Crippen LogP contribution >= 0.6 is 0 Å². The lowest BCUT2D eigenvalue weighted by Gasteiger charge is -2.59. The van der Waals surface area contributed by atoms with E-state index in [2.05, 4.69) is 79.0 Å². The fourth-order valence-electron chi connectivity index (χ4n) is 7.29. The highest BCUT2D eigenvalue weighted by atomic mass is 15.3. The minimum Gasteiger partial charge on any atom is -0.298 e. The van der Waals surface area contributed by atoms with E-state index in [1.165, 1.54) is 71.1 Å². The number of rotatable bonds is 4. The average molecular weight is 419 g/mol. The van der Waals surface area contributed by atoms with Gasteiger partial charge in [0.2, 0.25) is 0 Å². The monoisotopic (exact) mass is 418 g/mol. The molecule has 1 saturated carbocycles. The van der Waals surface area contributed by atoms with Crippen molar-refractivity contribution in [3.05, 3.63) is 0 Å². The normalized spacial score (nSPS) is 26.2. The van der Waals surface area contributed by atoms with Crippen LogP contribution in [0.5, 0.6) is 0 Å². The van der Waals surface area contributed by atoms with Crippen molar-refractivity contribution in [3.63, 3.8) is 0 Å². The van der Waals surface area contributed by atoms with Gasteiger partial charge in [-0.1, -0.05) is 34.6 Å². The molecule has 1 aliphatic carbocycles. The summed E-state index contributed by atoms with van der Waals surface area (Å²) in [6.45, 7) is 29.9. The SMILES string of the molecule is CC(C)(C)C1CCN(C(C)(C)CC(C)(C)C2CCC3(CC2)CN(C(C)(C)C)C3)CC1. The first kappa shape index (κ1) is 24.6. The van der Waals surface area contributed by atoms with E-state index in [-0.39, 0.29) is 0 Å². The predicted molar refractivity (Wildman–Crippen MR) is 132 cm³/mol. The summed E-state index contributed by atoms with van der Waals surface area (Å²) in [5, 5.41) is 0. The van der Waals surface area contributed by atoms with E-state index in [1.54, 1.807) is 0 Å². The van der Waals surface area contributed by atoms with Crippen LogP contribution in [0.25, 0.3) is 0 Å². The van der Waals surface area contributed by atoms with Gasteiger partial charge in [-0.25, -0.2) is 0 Å². The van der Waals surface area contributed by atoms with Crippen LogP contribution in [0.1, 0.15) is 114 Å². The summed E-state index contributed by atoms with van der Waals surface area (Å²) in [5.74, 6) is 1.79. The molecular formula is C28H54N2. The molecule has 0 unspecified atom stereocenters. The topological polar surface area (TPSA) is 6.48 Å². The molecule has 0 radical (unpaired) electrons. The third-order valence-corrected chi connectivity index (χ3v) is 9.62. The van der Waals surface area contributed by atoms with Crippen molar-refractivity contribution in [2.45, 2.75) is 125 Å². The number of hydrogen-bond donors (Lipinski definition) is 0. The molecule has 2 heteroatoms. The van der Waals surface area contributed by atoms with Crippen LogP contribution in [0.3, 0.4) is 0 Å². The third-order valence-electron chi connectivity index (χ3n) is 9.62. The lowest BCUT2D eigenvalue weighted by Crippen LogP contribution is -2.63. The van der Waals surface area contributed by atoms with Gasteiger partial charge >= 0.3 is 0 Å². The Morgan fingerprint density at radius 2 is 1.17 bits per heavy atom. The highest BCUT2D eigenvalue weighted by molar-refractivity contribution is 5.03.